The maximum atomic E-state index is 12.0. The minimum absolute atomic E-state index is 0. The monoisotopic (exact) mass is 304 g/mol. The summed E-state index contributed by atoms with van der Waals surface area (Å²) in [6.07, 6.45) is 1.65. The van der Waals surface area contributed by atoms with Crippen LogP contribution < -0.4 is 11.1 Å². The Morgan fingerprint density at radius 1 is 1.37 bits per heavy atom. The van der Waals surface area contributed by atoms with E-state index in [1.54, 1.807) is 12.1 Å². The second kappa shape index (κ2) is 7.73. The number of rotatable bonds is 5. The van der Waals surface area contributed by atoms with Gasteiger partial charge in [-0.1, -0.05) is 31.5 Å². The molecular weight excluding hydrogens is 283 g/mol. The van der Waals surface area contributed by atoms with Crippen molar-refractivity contribution in [2.45, 2.75) is 39.2 Å². The number of amides is 1. The highest BCUT2D eigenvalue weighted by Gasteiger charge is 2.21. The van der Waals surface area contributed by atoms with E-state index in [2.05, 4.69) is 5.32 Å². The van der Waals surface area contributed by atoms with Crippen molar-refractivity contribution < 1.29 is 4.79 Å². The van der Waals surface area contributed by atoms with Gasteiger partial charge in [0, 0.05) is 12.1 Å². The second-order valence-corrected chi connectivity index (χ2v) is 5.14. The Hall–Kier alpha value is -0.770. The first kappa shape index (κ1) is 18.2. The number of carbonyl (C=O) groups is 1. The van der Waals surface area contributed by atoms with Gasteiger partial charge >= 0.3 is 0 Å². The van der Waals surface area contributed by atoms with Gasteiger partial charge in [-0.3, -0.25) is 4.79 Å². The molecule has 0 aliphatic heterocycles. The highest BCUT2D eigenvalue weighted by atomic mass is 35.5. The number of aryl methyl sites for hydroxylation is 1. The van der Waals surface area contributed by atoms with Crippen LogP contribution in [-0.2, 0) is 0 Å². The van der Waals surface area contributed by atoms with Crippen molar-refractivity contribution in [3.63, 3.8) is 0 Å². The average molecular weight is 305 g/mol. The molecule has 3 N–H and O–H groups in total. The molecule has 0 aromatic heterocycles. The van der Waals surface area contributed by atoms with Crippen LogP contribution in [0.2, 0.25) is 5.02 Å². The van der Waals surface area contributed by atoms with Crippen LogP contribution in [0, 0.1) is 6.92 Å². The van der Waals surface area contributed by atoms with E-state index in [0.29, 0.717) is 17.1 Å². The van der Waals surface area contributed by atoms with E-state index < -0.39 is 0 Å². The van der Waals surface area contributed by atoms with Crippen LogP contribution in [0.15, 0.2) is 18.2 Å². The molecule has 5 heteroatoms. The second-order valence-electron chi connectivity index (χ2n) is 4.74. The maximum Gasteiger partial charge on any atom is 0.252 e. The number of nitrogens with one attached hydrogen (secondary N) is 1. The summed E-state index contributed by atoms with van der Waals surface area (Å²) in [7, 11) is 0. The third kappa shape index (κ3) is 5.01. The molecule has 0 atom stereocenters. The van der Waals surface area contributed by atoms with Crippen molar-refractivity contribution in [1.82, 2.24) is 5.32 Å². The van der Waals surface area contributed by atoms with Crippen LogP contribution in [0.4, 0.5) is 0 Å². The maximum absolute atomic E-state index is 12.0. The van der Waals surface area contributed by atoms with Crippen molar-refractivity contribution >= 4 is 29.9 Å². The zero-order valence-electron chi connectivity index (χ0n) is 11.6. The van der Waals surface area contributed by atoms with E-state index in [0.717, 1.165) is 18.4 Å². The molecule has 0 radical (unpaired) electrons. The minimum Gasteiger partial charge on any atom is -0.350 e. The minimum atomic E-state index is -0.340. The molecule has 1 aromatic carbocycles. The summed E-state index contributed by atoms with van der Waals surface area (Å²) in [6.45, 7) is 6.44. The van der Waals surface area contributed by atoms with E-state index in [4.69, 9.17) is 17.3 Å². The highest BCUT2D eigenvalue weighted by molar-refractivity contribution is 6.33. The summed E-state index contributed by atoms with van der Waals surface area (Å²) < 4.78 is 0. The zero-order valence-corrected chi connectivity index (χ0v) is 13.2. The quantitative estimate of drug-likeness (QED) is 0.877. The van der Waals surface area contributed by atoms with Crippen LogP contribution >= 0.6 is 24.0 Å². The summed E-state index contributed by atoms with van der Waals surface area (Å²) >= 11 is 6.05. The lowest BCUT2D eigenvalue weighted by atomic mass is 9.94. The van der Waals surface area contributed by atoms with Crippen molar-refractivity contribution in [3.8, 4) is 0 Å². The van der Waals surface area contributed by atoms with Gasteiger partial charge in [0.05, 0.1) is 10.6 Å². The lowest BCUT2D eigenvalue weighted by Gasteiger charge is -2.26. The molecule has 0 bridgehead atoms. The van der Waals surface area contributed by atoms with Crippen LogP contribution in [-0.4, -0.2) is 18.0 Å². The first-order chi connectivity index (χ1) is 8.41. The van der Waals surface area contributed by atoms with Gasteiger partial charge in [-0.25, -0.2) is 0 Å². The predicted molar refractivity (Wildman–Crippen MR) is 83.3 cm³/mol. The van der Waals surface area contributed by atoms with E-state index in [-0.39, 0.29) is 23.9 Å². The van der Waals surface area contributed by atoms with Gasteiger partial charge in [0.1, 0.15) is 0 Å². The van der Waals surface area contributed by atoms with Gasteiger partial charge in [0.25, 0.3) is 5.91 Å². The number of carbonyl (C=O) groups excluding carboxylic acids is 1. The molecule has 0 spiro atoms. The topological polar surface area (TPSA) is 55.1 Å². The van der Waals surface area contributed by atoms with Crippen LogP contribution in [0.5, 0.6) is 0 Å². The van der Waals surface area contributed by atoms with Crippen LogP contribution in [0.25, 0.3) is 0 Å². The number of hydrogen-bond acceptors (Lipinski definition) is 2. The molecule has 0 fully saturated rings. The molecule has 0 saturated carbocycles. The molecule has 108 valence electrons. The third-order valence-electron chi connectivity index (χ3n) is 3.38. The zero-order chi connectivity index (χ0) is 13.8. The molecule has 3 nitrogen and oxygen atoms in total. The number of benzene rings is 1. The van der Waals surface area contributed by atoms with Gasteiger partial charge in [-0.05, 0) is 37.5 Å². The average Bonchev–Trinajstić information content (AvgIpc) is 2.35. The highest BCUT2D eigenvalue weighted by Crippen LogP contribution is 2.18. The molecule has 0 unspecified atom stereocenters. The largest absolute Gasteiger partial charge is 0.350 e. The van der Waals surface area contributed by atoms with E-state index >= 15 is 0 Å². The Balaban J connectivity index is 0.00000324. The molecule has 1 rings (SSSR count). The standard InChI is InChI=1S/C14H21ClN2O.ClH/c1-4-14(16,5-2)9-17-13(18)11-7-6-10(3)8-12(11)15;/h6-8H,4-5,9,16H2,1-3H3,(H,17,18);1H. The Morgan fingerprint density at radius 2 is 1.95 bits per heavy atom. The van der Waals surface area contributed by atoms with Gasteiger partial charge < -0.3 is 11.1 Å². The molecule has 0 saturated heterocycles. The van der Waals surface area contributed by atoms with Gasteiger partial charge in [-0.2, -0.15) is 0 Å². The summed E-state index contributed by atoms with van der Waals surface area (Å²) in [5.41, 5.74) is 7.33. The molecule has 0 aliphatic rings. The lowest BCUT2D eigenvalue weighted by molar-refractivity contribution is 0.0942. The Morgan fingerprint density at radius 3 is 2.42 bits per heavy atom. The fraction of sp³-hybridized carbons (Fsp3) is 0.500. The SMILES string of the molecule is CCC(N)(CC)CNC(=O)c1ccc(C)cc1Cl.Cl. The summed E-state index contributed by atoms with van der Waals surface area (Å²) in [6, 6.07) is 5.39. The summed E-state index contributed by atoms with van der Waals surface area (Å²) in [5.74, 6) is -0.170. The fourth-order valence-electron chi connectivity index (χ4n) is 1.66. The Kier molecular flexibility index (Phi) is 7.42. The summed E-state index contributed by atoms with van der Waals surface area (Å²) in [4.78, 5) is 12.0. The molecule has 0 heterocycles. The van der Waals surface area contributed by atoms with Crippen molar-refractivity contribution in [2.24, 2.45) is 5.73 Å². The molecule has 1 aromatic rings. The number of halogens is 2. The molecule has 0 aliphatic carbocycles. The Bertz CT molecular complexity index is 431. The van der Waals surface area contributed by atoms with E-state index in [1.165, 1.54) is 0 Å². The lowest BCUT2D eigenvalue weighted by Crippen LogP contribution is -2.49. The fourth-order valence-corrected chi connectivity index (χ4v) is 1.98. The normalized spacial score (nSPS) is 10.8. The smallest absolute Gasteiger partial charge is 0.252 e. The van der Waals surface area contributed by atoms with Crippen molar-refractivity contribution in [2.75, 3.05) is 6.54 Å². The van der Waals surface area contributed by atoms with E-state index in [9.17, 15) is 4.79 Å². The first-order valence-corrected chi connectivity index (χ1v) is 6.63. The van der Waals surface area contributed by atoms with Crippen LogP contribution in [0.1, 0.15) is 42.6 Å². The number of nitrogens with two attached hydrogens (primary N) is 1. The molecular formula is C14H22Cl2N2O. The number of hydrogen-bond donors (Lipinski definition) is 2. The third-order valence-corrected chi connectivity index (χ3v) is 3.69. The van der Waals surface area contributed by atoms with Gasteiger partial charge in [-0.15, -0.1) is 12.4 Å². The molecule has 19 heavy (non-hydrogen) atoms. The Labute approximate surface area is 126 Å². The van der Waals surface area contributed by atoms with Crippen molar-refractivity contribution in [1.29, 1.82) is 0 Å². The van der Waals surface area contributed by atoms with Crippen LogP contribution in [0.3, 0.4) is 0 Å². The van der Waals surface area contributed by atoms with Gasteiger partial charge in [0.15, 0.2) is 0 Å². The first-order valence-electron chi connectivity index (χ1n) is 6.25. The van der Waals surface area contributed by atoms with Gasteiger partial charge in [0.2, 0.25) is 0 Å². The van der Waals surface area contributed by atoms with E-state index in [1.807, 2.05) is 26.8 Å². The predicted octanol–water partition coefficient (Wildman–Crippen LogP) is 3.32. The summed E-state index contributed by atoms with van der Waals surface area (Å²) in [5, 5.41) is 3.33. The van der Waals surface area contributed by atoms with Crippen molar-refractivity contribution in [3.05, 3.63) is 34.3 Å². The molecule has 1 amide bonds.